The third kappa shape index (κ3) is 5.20. The summed E-state index contributed by atoms with van der Waals surface area (Å²) in [6, 6.07) is 11.2. The van der Waals surface area contributed by atoms with E-state index in [1.165, 1.54) is 10.6 Å². The molecular weight excluding hydrogens is 528 g/mol. The summed E-state index contributed by atoms with van der Waals surface area (Å²) in [4.78, 5) is 28.1. The predicted molar refractivity (Wildman–Crippen MR) is 158 cm³/mol. The molecule has 2 aliphatic heterocycles. The van der Waals surface area contributed by atoms with Gasteiger partial charge in [-0.05, 0) is 48.2 Å². The Labute approximate surface area is 234 Å². The second-order valence-electron chi connectivity index (χ2n) is 14.2. The molecule has 0 amide bonds. The maximum absolute atomic E-state index is 13.4. The van der Waals surface area contributed by atoms with E-state index in [1.54, 1.807) is 0 Å². The fourth-order valence-electron chi connectivity index (χ4n) is 5.21. The van der Waals surface area contributed by atoms with Crippen LogP contribution in [-0.2, 0) is 25.7 Å². The SMILES string of the molecule is CC(C)(C)[Si](C)(C)OC[C@H]1O[C@]2([C@@H](c3ccccc3)Cc3cc(=O)[nH]c(=O)n32)[C@@H](O)[C@@H]1O[Si](C)(C)C(C)(C)C. The molecule has 2 N–H and O–H groups in total. The Balaban J connectivity index is 1.87. The molecule has 10 heteroatoms. The molecule has 0 saturated carbocycles. The quantitative estimate of drug-likeness (QED) is 0.485. The van der Waals surface area contributed by atoms with Gasteiger partial charge in [0.25, 0.3) is 5.56 Å². The highest BCUT2D eigenvalue weighted by Gasteiger charge is 2.65. The Morgan fingerprint density at radius 3 is 2.18 bits per heavy atom. The number of rotatable bonds is 6. The van der Waals surface area contributed by atoms with Crippen molar-refractivity contribution in [1.29, 1.82) is 0 Å². The van der Waals surface area contributed by atoms with Gasteiger partial charge in [0, 0.05) is 17.7 Å². The molecule has 1 fully saturated rings. The number of ether oxygens (including phenoxy) is 1. The van der Waals surface area contributed by atoms with Crippen LogP contribution in [0.15, 0.2) is 46.0 Å². The van der Waals surface area contributed by atoms with E-state index in [4.69, 9.17) is 13.6 Å². The summed E-state index contributed by atoms with van der Waals surface area (Å²) in [6.45, 7) is 21.9. The summed E-state index contributed by atoms with van der Waals surface area (Å²) in [5, 5.41) is 12.2. The van der Waals surface area contributed by atoms with Gasteiger partial charge in [0.05, 0.1) is 6.61 Å². The van der Waals surface area contributed by atoms with Gasteiger partial charge in [0.1, 0.15) is 18.3 Å². The molecule has 3 heterocycles. The fraction of sp³-hybridized carbons (Fsp3) is 0.655. The Hall–Kier alpha value is -1.83. The van der Waals surface area contributed by atoms with Gasteiger partial charge in [-0.2, -0.15) is 0 Å². The smallest absolute Gasteiger partial charge is 0.330 e. The molecule has 1 spiro atoms. The molecule has 2 aromatic rings. The molecule has 2 aliphatic rings. The molecule has 5 atom stereocenters. The highest BCUT2D eigenvalue weighted by atomic mass is 28.4. The number of hydrogen-bond donors (Lipinski definition) is 2. The summed E-state index contributed by atoms with van der Waals surface area (Å²) in [7, 11) is -4.54. The summed E-state index contributed by atoms with van der Waals surface area (Å²) in [5.74, 6) is -0.403. The predicted octanol–water partition coefficient (Wildman–Crippen LogP) is 4.70. The highest BCUT2D eigenvalue weighted by molar-refractivity contribution is 6.74. The largest absolute Gasteiger partial charge is 0.414 e. The number of nitrogens with one attached hydrogen (secondary N) is 1. The maximum atomic E-state index is 13.4. The van der Waals surface area contributed by atoms with E-state index in [9.17, 15) is 14.7 Å². The van der Waals surface area contributed by atoms with Crippen molar-refractivity contribution in [2.75, 3.05) is 6.61 Å². The Morgan fingerprint density at radius 2 is 1.62 bits per heavy atom. The zero-order chi connectivity index (χ0) is 29.2. The van der Waals surface area contributed by atoms with Crippen molar-refractivity contribution in [3.05, 3.63) is 68.5 Å². The van der Waals surface area contributed by atoms with Gasteiger partial charge in [0.2, 0.25) is 0 Å². The van der Waals surface area contributed by atoms with Crippen LogP contribution in [-0.4, -0.2) is 56.2 Å². The lowest BCUT2D eigenvalue weighted by Gasteiger charge is -2.41. The van der Waals surface area contributed by atoms with Crippen molar-refractivity contribution < 1.29 is 18.7 Å². The first kappa shape index (κ1) is 30.1. The van der Waals surface area contributed by atoms with E-state index in [2.05, 4.69) is 72.7 Å². The lowest BCUT2D eigenvalue weighted by atomic mass is 9.84. The number of aliphatic hydroxyl groups excluding tert-OH is 1. The van der Waals surface area contributed by atoms with E-state index in [-0.39, 0.29) is 16.7 Å². The molecule has 0 bridgehead atoms. The molecule has 0 radical (unpaired) electrons. The summed E-state index contributed by atoms with van der Waals surface area (Å²) in [5.41, 5.74) is -1.05. The van der Waals surface area contributed by atoms with E-state index in [0.717, 1.165) is 5.56 Å². The topological polar surface area (TPSA) is 103 Å². The van der Waals surface area contributed by atoms with Crippen molar-refractivity contribution in [2.45, 2.75) is 114 Å². The Kier molecular flexibility index (Phi) is 7.66. The van der Waals surface area contributed by atoms with E-state index in [0.29, 0.717) is 12.1 Å². The van der Waals surface area contributed by atoms with E-state index < -0.39 is 57.8 Å². The third-order valence-electron chi connectivity index (χ3n) is 9.58. The first-order chi connectivity index (χ1) is 17.8. The van der Waals surface area contributed by atoms with Crippen molar-refractivity contribution in [1.82, 2.24) is 9.55 Å². The molecule has 4 rings (SSSR count). The number of benzene rings is 1. The van der Waals surface area contributed by atoms with Crippen molar-refractivity contribution in [3.63, 3.8) is 0 Å². The summed E-state index contributed by atoms with van der Waals surface area (Å²) < 4.78 is 21.9. The van der Waals surface area contributed by atoms with Crippen molar-refractivity contribution >= 4 is 16.6 Å². The minimum Gasteiger partial charge on any atom is -0.414 e. The van der Waals surface area contributed by atoms with Crippen LogP contribution >= 0.6 is 0 Å². The average molecular weight is 575 g/mol. The number of aromatic amines is 1. The maximum Gasteiger partial charge on any atom is 0.330 e. The molecule has 0 aliphatic carbocycles. The highest BCUT2D eigenvalue weighted by Crippen LogP contribution is 2.53. The number of H-pyrrole nitrogens is 1. The monoisotopic (exact) mass is 574 g/mol. The Morgan fingerprint density at radius 1 is 1.03 bits per heavy atom. The van der Waals surface area contributed by atoms with Gasteiger partial charge in [-0.3, -0.25) is 14.3 Å². The number of aliphatic hydroxyl groups is 1. The molecule has 216 valence electrons. The Bertz CT molecular complexity index is 1310. The number of fused-ring (bicyclic) bond motifs is 2. The summed E-state index contributed by atoms with van der Waals surface area (Å²) in [6.07, 6.45) is -2.12. The second kappa shape index (κ2) is 9.92. The second-order valence-corrected chi connectivity index (χ2v) is 23.8. The lowest BCUT2D eigenvalue weighted by molar-refractivity contribution is -0.155. The van der Waals surface area contributed by atoms with Crippen LogP contribution in [0.1, 0.15) is 58.7 Å². The minimum atomic E-state index is -2.38. The third-order valence-corrected chi connectivity index (χ3v) is 18.5. The number of nitrogens with zero attached hydrogens (tertiary/aromatic N) is 1. The van der Waals surface area contributed by atoms with Crippen LogP contribution in [0.25, 0.3) is 0 Å². The summed E-state index contributed by atoms with van der Waals surface area (Å²) >= 11 is 0. The number of hydrogen-bond acceptors (Lipinski definition) is 6. The number of aromatic nitrogens is 2. The first-order valence-electron chi connectivity index (χ1n) is 13.9. The fourth-order valence-corrected chi connectivity index (χ4v) is 7.54. The van der Waals surface area contributed by atoms with Crippen LogP contribution in [0.4, 0.5) is 0 Å². The minimum absolute atomic E-state index is 0.0132. The van der Waals surface area contributed by atoms with Gasteiger partial charge in [0.15, 0.2) is 22.4 Å². The zero-order valence-corrected chi connectivity index (χ0v) is 27.1. The van der Waals surface area contributed by atoms with Gasteiger partial charge in [-0.1, -0.05) is 71.9 Å². The molecule has 0 unspecified atom stereocenters. The zero-order valence-electron chi connectivity index (χ0n) is 25.1. The van der Waals surface area contributed by atoms with Crippen LogP contribution in [0.5, 0.6) is 0 Å². The lowest BCUT2D eigenvalue weighted by Crippen LogP contribution is -2.55. The van der Waals surface area contributed by atoms with Crippen molar-refractivity contribution in [2.24, 2.45) is 0 Å². The van der Waals surface area contributed by atoms with Gasteiger partial charge < -0.3 is 18.7 Å². The van der Waals surface area contributed by atoms with Gasteiger partial charge in [-0.25, -0.2) is 4.79 Å². The molecule has 1 aromatic carbocycles. The van der Waals surface area contributed by atoms with E-state index in [1.807, 2.05) is 30.3 Å². The normalized spacial score (nSPS) is 27.8. The standard InChI is InChI=1S/C29H46N2O6Si2/c1-27(2,3)38(7,8)35-18-22-24(37-39(9,10)28(4,5)6)25(33)29(36-22)21(19-14-12-11-13-15-19)16-20-17-23(32)30-26(34)31(20)29/h11-15,17,21-22,24-25,33H,16,18H2,1-10H3,(H,30,32,34)/t21-,22-,24-,25+,29-/m1/s1. The van der Waals surface area contributed by atoms with Gasteiger partial charge in [-0.15, -0.1) is 0 Å². The molecule has 8 nitrogen and oxygen atoms in total. The van der Waals surface area contributed by atoms with Gasteiger partial charge >= 0.3 is 5.69 Å². The van der Waals surface area contributed by atoms with Crippen LogP contribution in [0, 0.1) is 0 Å². The van der Waals surface area contributed by atoms with Crippen LogP contribution < -0.4 is 11.2 Å². The first-order valence-corrected chi connectivity index (χ1v) is 19.7. The molecule has 39 heavy (non-hydrogen) atoms. The van der Waals surface area contributed by atoms with E-state index >= 15 is 0 Å². The molecule has 1 aromatic heterocycles. The van der Waals surface area contributed by atoms with Crippen molar-refractivity contribution in [3.8, 4) is 0 Å². The average Bonchev–Trinajstić information content (AvgIpc) is 3.27. The molecule has 1 saturated heterocycles. The molecular formula is C29H46N2O6Si2. The van der Waals surface area contributed by atoms with Crippen LogP contribution in [0.3, 0.4) is 0 Å². The van der Waals surface area contributed by atoms with Crippen LogP contribution in [0.2, 0.25) is 36.3 Å².